The van der Waals surface area contributed by atoms with Crippen LogP contribution in [0.1, 0.15) is 18.4 Å². The molecule has 30 heavy (non-hydrogen) atoms. The summed E-state index contributed by atoms with van der Waals surface area (Å²) in [6.45, 7) is 2.73. The highest BCUT2D eigenvalue weighted by Crippen LogP contribution is 2.39. The lowest BCUT2D eigenvalue weighted by molar-refractivity contribution is -0.121. The molecule has 1 fully saturated rings. The molecule has 2 aromatic carbocycles. The lowest BCUT2D eigenvalue weighted by Gasteiger charge is -2.35. The number of nitrogens with zero attached hydrogens (tertiary/aromatic N) is 2. The zero-order valence-electron chi connectivity index (χ0n) is 16.6. The van der Waals surface area contributed by atoms with E-state index in [0.29, 0.717) is 42.4 Å². The Morgan fingerprint density at radius 2 is 2.17 bits per heavy atom. The number of hydrogen-bond donors (Lipinski definition) is 3. The number of para-hydroxylation sites is 1. The number of aliphatic imine (C=N–C) groups is 1. The molecule has 8 heteroatoms. The molecule has 0 saturated carbocycles. The van der Waals surface area contributed by atoms with Crippen molar-refractivity contribution in [3.63, 3.8) is 0 Å². The summed E-state index contributed by atoms with van der Waals surface area (Å²) in [5.74, 6) is 2.20. The van der Waals surface area contributed by atoms with Crippen LogP contribution in [0.5, 0.6) is 11.5 Å². The molecule has 158 valence electrons. The molecule has 1 atom stereocenters. The van der Waals surface area contributed by atoms with E-state index in [1.807, 2.05) is 30.3 Å². The van der Waals surface area contributed by atoms with Gasteiger partial charge in [0.1, 0.15) is 17.3 Å². The number of aliphatic hydroxyl groups is 1. The molecule has 2 aliphatic rings. The first kappa shape index (κ1) is 20.7. The lowest BCUT2D eigenvalue weighted by Crippen LogP contribution is -2.54. The van der Waals surface area contributed by atoms with Crippen LogP contribution in [0.3, 0.4) is 0 Å². The van der Waals surface area contributed by atoms with Crippen molar-refractivity contribution in [2.24, 2.45) is 4.99 Å². The summed E-state index contributed by atoms with van der Waals surface area (Å²) in [7, 11) is 0. The van der Waals surface area contributed by atoms with Crippen molar-refractivity contribution in [3.8, 4) is 11.5 Å². The standard InChI is InChI=1S/C22H25ClN4O3/c23-15-6-7-20-18(12-15)26-22(17-4-1-2-5-19(17)30-20)27-10-9-24-16(14-27)13-21(29)25-8-3-11-28/h1-2,4-7,12,16,24,28H,3,8-11,13-14H2,(H,25,29). The van der Waals surface area contributed by atoms with Gasteiger partial charge in [-0.1, -0.05) is 23.7 Å². The van der Waals surface area contributed by atoms with Crippen molar-refractivity contribution in [1.82, 2.24) is 15.5 Å². The van der Waals surface area contributed by atoms with Crippen LogP contribution in [0.15, 0.2) is 47.5 Å². The van der Waals surface area contributed by atoms with Gasteiger partial charge in [0.2, 0.25) is 5.91 Å². The van der Waals surface area contributed by atoms with E-state index in [1.54, 1.807) is 12.1 Å². The van der Waals surface area contributed by atoms with E-state index in [4.69, 9.17) is 26.4 Å². The highest BCUT2D eigenvalue weighted by Gasteiger charge is 2.28. The zero-order valence-corrected chi connectivity index (χ0v) is 17.4. The number of amidine groups is 1. The van der Waals surface area contributed by atoms with Crippen LogP contribution in [0.25, 0.3) is 0 Å². The molecule has 0 radical (unpaired) electrons. The van der Waals surface area contributed by atoms with E-state index in [-0.39, 0.29) is 18.6 Å². The van der Waals surface area contributed by atoms with Crippen LogP contribution in [-0.4, -0.2) is 60.6 Å². The lowest BCUT2D eigenvalue weighted by atomic mass is 10.1. The molecule has 3 N–H and O–H groups in total. The number of carbonyl (C=O) groups is 1. The van der Waals surface area contributed by atoms with Gasteiger partial charge in [-0.15, -0.1) is 0 Å². The summed E-state index contributed by atoms with van der Waals surface area (Å²) in [4.78, 5) is 19.3. The average Bonchev–Trinajstić information content (AvgIpc) is 2.90. The number of fused-ring (bicyclic) bond motifs is 2. The van der Waals surface area contributed by atoms with E-state index in [2.05, 4.69) is 15.5 Å². The maximum Gasteiger partial charge on any atom is 0.221 e. The number of halogens is 1. The Kier molecular flexibility index (Phi) is 6.52. The Labute approximate surface area is 180 Å². The van der Waals surface area contributed by atoms with Crippen LogP contribution in [0.2, 0.25) is 5.02 Å². The molecule has 0 bridgehead atoms. The minimum atomic E-state index is -0.0218. The molecule has 1 unspecified atom stereocenters. The Morgan fingerprint density at radius 3 is 3.03 bits per heavy atom. The SMILES string of the molecule is O=C(CC1CN(C2=Nc3cc(Cl)ccc3Oc3ccccc32)CCN1)NCCCO. The van der Waals surface area contributed by atoms with E-state index < -0.39 is 0 Å². The van der Waals surface area contributed by atoms with Crippen LogP contribution in [0, 0.1) is 0 Å². The summed E-state index contributed by atoms with van der Waals surface area (Å²) in [5.41, 5.74) is 1.60. The van der Waals surface area contributed by atoms with Crippen molar-refractivity contribution in [3.05, 3.63) is 53.1 Å². The second-order valence-corrected chi connectivity index (χ2v) is 7.81. The third kappa shape index (κ3) is 4.75. The largest absolute Gasteiger partial charge is 0.454 e. The molecule has 7 nitrogen and oxygen atoms in total. The van der Waals surface area contributed by atoms with Crippen molar-refractivity contribution in [2.45, 2.75) is 18.9 Å². The van der Waals surface area contributed by atoms with Crippen LogP contribution in [-0.2, 0) is 4.79 Å². The van der Waals surface area contributed by atoms with Crippen LogP contribution in [0.4, 0.5) is 5.69 Å². The van der Waals surface area contributed by atoms with Crippen molar-refractivity contribution >= 4 is 29.0 Å². The minimum Gasteiger partial charge on any atom is -0.454 e. The van der Waals surface area contributed by atoms with E-state index in [1.165, 1.54) is 0 Å². The fourth-order valence-corrected chi connectivity index (χ4v) is 3.86. The van der Waals surface area contributed by atoms with E-state index in [9.17, 15) is 4.79 Å². The fourth-order valence-electron chi connectivity index (χ4n) is 3.70. The molecule has 4 rings (SSSR count). The van der Waals surface area contributed by atoms with Gasteiger partial charge in [0.05, 0.1) is 5.56 Å². The molecular formula is C22H25ClN4O3. The summed E-state index contributed by atoms with van der Waals surface area (Å²) in [6.07, 6.45) is 0.932. The normalized spacial score (nSPS) is 17.9. The smallest absolute Gasteiger partial charge is 0.221 e. The second-order valence-electron chi connectivity index (χ2n) is 7.37. The Hall–Kier alpha value is -2.61. The molecule has 2 heterocycles. The highest BCUT2D eigenvalue weighted by molar-refractivity contribution is 6.31. The fraction of sp³-hybridized carbons (Fsp3) is 0.364. The van der Waals surface area contributed by atoms with Gasteiger partial charge in [0.25, 0.3) is 0 Å². The number of hydrogen-bond acceptors (Lipinski definition) is 6. The predicted molar refractivity (Wildman–Crippen MR) is 117 cm³/mol. The summed E-state index contributed by atoms with van der Waals surface area (Å²) in [6, 6.07) is 13.3. The number of rotatable bonds is 5. The summed E-state index contributed by atoms with van der Waals surface area (Å²) < 4.78 is 6.12. The molecule has 0 aromatic heterocycles. The highest BCUT2D eigenvalue weighted by atomic mass is 35.5. The Bertz CT molecular complexity index is 950. The van der Waals surface area contributed by atoms with Crippen molar-refractivity contribution in [2.75, 3.05) is 32.8 Å². The van der Waals surface area contributed by atoms with E-state index >= 15 is 0 Å². The molecule has 0 spiro atoms. The van der Waals surface area contributed by atoms with Crippen molar-refractivity contribution in [1.29, 1.82) is 0 Å². The number of amides is 1. The minimum absolute atomic E-state index is 0.00532. The van der Waals surface area contributed by atoms with Gasteiger partial charge in [-0.25, -0.2) is 4.99 Å². The zero-order chi connectivity index (χ0) is 20.9. The topological polar surface area (TPSA) is 86.2 Å². The predicted octanol–water partition coefficient (Wildman–Crippen LogP) is 2.69. The molecular weight excluding hydrogens is 404 g/mol. The monoisotopic (exact) mass is 428 g/mol. The molecule has 2 aliphatic heterocycles. The van der Waals surface area contributed by atoms with Gasteiger partial charge in [-0.3, -0.25) is 4.79 Å². The van der Waals surface area contributed by atoms with E-state index in [0.717, 1.165) is 30.2 Å². The summed E-state index contributed by atoms with van der Waals surface area (Å²) in [5, 5.41) is 15.7. The average molecular weight is 429 g/mol. The Balaban J connectivity index is 1.57. The van der Waals surface area contributed by atoms with Gasteiger partial charge >= 0.3 is 0 Å². The maximum atomic E-state index is 12.2. The first-order chi connectivity index (χ1) is 14.6. The van der Waals surface area contributed by atoms with Gasteiger partial charge in [0.15, 0.2) is 5.75 Å². The number of benzene rings is 2. The second kappa shape index (κ2) is 9.47. The Morgan fingerprint density at radius 1 is 1.30 bits per heavy atom. The number of aliphatic hydroxyl groups excluding tert-OH is 1. The van der Waals surface area contributed by atoms with Gasteiger partial charge < -0.3 is 25.4 Å². The van der Waals surface area contributed by atoms with Crippen LogP contribution < -0.4 is 15.4 Å². The molecule has 1 saturated heterocycles. The number of nitrogens with one attached hydrogen (secondary N) is 2. The third-order valence-corrected chi connectivity index (χ3v) is 5.37. The molecule has 2 aromatic rings. The quantitative estimate of drug-likeness (QED) is 0.637. The van der Waals surface area contributed by atoms with Gasteiger partial charge in [-0.05, 0) is 36.8 Å². The number of piperazine rings is 1. The first-order valence-electron chi connectivity index (χ1n) is 10.2. The number of carbonyl (C=O) groups excluding carboxylic acids is 1. The van der Waals surface area contributed by atoms with Crippen LogP contribution >= 0.6 is 11.6 Å². The molecule has 1 amide bonds. The van der Waals surface area contributed by atoms with Gasteiger partial charge in [0, 0.05) is 50.3 Å². The number of ether oxygens (including phenoxy) is 1. The first-order valence-corrected chi connectivity index (χ1v) is 10.5. The van der Waals surface area contributed by atoms with Gasteiger partial charge in [-0.2, -0.15) is 0 Å². The third-order valence-electron chi connectivity index (χ3n) is 5.14. The molecule has 0 aliphatic carbocycles. The van der Waals surface area contributed by atoms with Crippen molar-refractivity contribution < 1.29 is 14.6 Å². The maximum absolute atomic E-state index is 12.2. The summed E-state index contributed by atoms with van der Waals surface area (Å²) >= 11 is 6.20.